The van der Waals surface area contributed by atoms with Crippen LogP contribution in [0.4, 0.5) is 10.2 Å². The molecule has 2 heterocycles. The number of pyridine rings is 1. The summed E-state index contributed by atoms with van der Waals surface area (Å²) in [5.74, 6) is 0.856. The van der Waals surface area contributed by atoms with Crippen LogP contribution in [0.2, 0.25) is 0 Å². The van der Waals surface area contributed by atoms with E-state index in [-0.39, 0.29) is 17.8 Å². The van der Waals surface area contributed by atoms with E-state index < -0.39 is 0 Å². The zero-order chi connectivity index (χ0) is 24.5. The van der Waals surface area contributed by atoms with Gasteiger partial charge >= 0.3 is 0 Å². The Bertz CT molecular complexity index is 1310. The maximum atomic E-state index is 14.5. The van der Waals surface area contributed by atoms with Crippen LogP contribution in [0.15, 0.2) is 42.5 Å². The Morgan fingerprint density at radius 1 is 1.17 bits per heavy atom. The third-order valence-electron chi connectivity index (χ3n) is 7.04. The molecular weight excluding hydrogens is 443 g/mol. The zero-order valence-corrected chi connectivity index (χ0v) is 20.1. The second kappa shape index (κ2) is 9.63. The first-order valence-electron chi connectivity index (χ1n) is 12.2. The average Bonchev–Trinajstić information content (AvgIpc) is 3.72. The van der Waals surface area contributed by atoms with Crippen LogP contribution in [-0.2, 0) is 9.53 Å². The van der Waals surface area contributed by atoms with Gasteiger partial charge in [-0.1, -0.05) is 30.3 Å². The summed E-state index contributed by atoms with van der Waals surface area (Å²) in [6, 6.07) is 15.0. The highest BCUT2D eigenvalue weighted by Gasteiger charge is 2.33. The molecule has 6 nitrogen and oxygen atoms in total. The summed E-state index contributed by atoms with van der Waals surface area (Å²) >= 11 is 0. The predicted molar refractivity (Wildman–Crippen MR) is 134 cm³/mol. The number of aromatic nitrogens is 1. The summed E-state index contributed by atoms with van der Waals surface area (Å²) in [4.78, 5) is 21.6. The summed E-state index contributed by atoms with van der Waals surface area (Å²) in [5.41, 5.74) is 3.29. The van der Waals surface area contributed by atoms with Crippen LogP contribution in [0, 0.1) is 17.1 Å². The number of piperazine rings is 1. The molecule has 1 unspecified atom stereocenters. The third kappa shape index (κ3) is 4.46. The summed E-state index contributed by atoms with van der Waals surface area (Å²) in [6.45, 7) is 4.26. The molecule has 0 spiro atoms. The van der Waals surface area contributed by atoms with Crippen molar-refractivity contribution in [3.63, 3.8) is 0 Å². The van der Waals surface area contributed by atoms with Crippen molar-refractivity contribution in [1.82, 2.24) is 9.88 Å². The van der Waals surface area contributed by atoms with Gasteiger partial charge in [0.25, 0.3) is 0 Å². The topological polar surface area (TPSA) is 69.5 Å². The van der Waals surface area contributed by atoms with Gasteiger partial charge in [-0.2, -0.15) is 5.26 Å². The first-order chi connectivity index (χ1) is 17.0. The largest absolute Gasteiger partial charge is 0.384 e. The summed E-state index contributed by atoms with van der Waals surface area (Å²) in [5, 5.41) is 11.5. The molecule has 1 aliphatic heterocycles. The lowest BCUT2D eigenvalue weighted by Crippen LogP contribution is -2.54. The van der Waals surface area contributed by atoms with Crippen molar-refractivity contribution in [1.29, 1.82) is 5.26 Å². The van der Waals surface area contributed by atoms with Crippen LogP contribution in [0.1, 0.15) is 43.4 Å². The third-order valence-corrected chi connectivity index (χ3v) is 7.04. The van der Waals surface area contributed by atoms with E-state index in [9.17, 15) is 14.4 Å². The number of rotatable bonds is 6. The maximum absolute atomic E-state index is 14.5. The van der Waals surface area contributed by atoms with Gasteiger partial charge in [0.15, 0.2) is 0 Å². The van der Waals surface area contributed by atoms with E-state index in [1.807, 2.05) is 36.1 Å². The molecule has 2 aromatic carbocycles. The Morgan fingerprint density at radius 3 is 2.63 bits per heavy atom. The van der Waals surface area contributed by atoms with Crippen molar-refractivity contribution in [2.75, 3.05) is 38.3 Å². The maximum Gasteiger partial charge on any atom is 0.225 e. The van der Waals surface area contributed by atoms with E-state index in [2.05, 4.69) is 11.0 Å². The molecule has 0 bridgehead atoms. The molecule has 2 fully saturated rings. The van der Waals surface area contributed by atoms with Gasteiger partial charge in [-0.15, -0.1) is 0 Å². The zero-order valence-electron chi connectivity index (χ0n) is 20.1. The number of carbonyl (C=O) groups is 1. The monoisotopic (exact) mass is 472 g/mol. The smallest absolute Gasteiger partial charge is 0.225 e. The van der Waals surface area contributed by atoms with Gasteiger partial charge in [-0.25, -0.2) is 9.37 Å². The molecule has 2 aliphatic rings. The molecule has 1 aliphatic carbocycles. The van der Waals surface area contributed by atoms with Crippen molar-refractivity contribution in [3.8, 4) is 17.2 Å². The van der Waals surface area contributed by atoms with Crippen LogP contribution >= 0.6 is 0 Å². The van der Waals surface area contributed by atoms with E-state index in [0.29, 0.717) is 55.3 Å². The number of nitrogens with zero attached hydrogens (tertiary/aromatic N) is 4. The molecule has 0 N–H and O–H groups in total. The number of anilines is 1. The van der Waals surface area contributed by atoms with Crippen molar-refractivity contribution in [2.24, 2.45) is 0 Å². The van der Waals surface area contributed by atoms with Gasteiger partial charge in [0, 0.05) is 49.7 Å². The Balaban J connectivity index is 1.52. The summed E-state index contributed by atoms with van der Waals surface area (Å²) < 4.78 is 19.5. The Morgan fingerprint density at radius 2 is 1.94 bits per heavy atom. The van der Waals surface area contributed by atoms with Gasteiger partial charge in [0.05, 0.1) is 24.3 Å². The van der Waals surface area contributed by atoms with Crippen LogP contribution in [0.25, 0.3) is 21.9 Å². The van der Waals surface area contributed by atoms with Crippen molar-refractivity contribution >= 4 is 22.5 Å². The number of hydrogen-bond acceptors (Lipinski definition) is 5. The second-order valence-electron chi connectivity index (χ2n) is 9.44. The summed E-state index contributed by atoms with van der Waals surface area (Å²) in [7, 11) is 1.60. The first kappa shape index (κ1) is 23.3. The molecule has 1 amide bonds. The minimum atomic E-state index is -0.255. The molecule has 1 atom stereocenters. The Labute approximate surface area is 204 Å². The lowest BCUT2D eigenvalue weighted by Gasteiger charge is -2.41. The number of halogens is 1. The number of methoxy groups -OCH3 is 1. The van der Waals surface area contributed by atoms with E-state index in [4.69, 9.17) is 9.72 Å². The lowest BCUT2D eigenvalue weighted by atomic mass is 9.94. The van der Waals surface area contributed by atoms with Crippen LogP contribution in [-0.4, -0.2) is 55.2 Å². The minimum absolute atomic E-state index is 0.00606. The molecule has 35 heavy (non-hydrogen) atoms. The fourth-order valence-electron chi connectivity index (χ4n) is 5.08. The first-order valence-corrected chi connectivity index (χ1v) is 12.2. The van der Waals surface area contributed by atoms with Gasteiger partial charge in [0.1, 0.15) is 17.7 Å². The van der Waals surface area contributed by atoms with Crippen molar-refractivity contribution in [2.45, 2.75) is 38.1 Å². The molecule has 1 saturated carbocycles. The number of nitriles is 1. The average molecular weight is 473 g/mol. The number of fused-ring (bicyclic) bond motifs is 1. The van der Waals surface area contributed by atoms with Gasteiger partial charge in [-0.05, 0) is 42.8 Å². The van der Waals surface area contributed by atoms with Gasteiger partial charge in [-0.3, -0.25) is 4.79 Å². The quantitative estimate of drug-likeness (QED) is 0.512. The molecule has 180 valence electrons. The fraction of sp³-hybridized carbons (Fsp3) is 0.393. The fourth-order valence-corrected chi connectivity index (χ4v) is 5.08. The number of ether oxygens (including phenoxy) is 1. The van der Waals surface area contributed by atoms with Gasteiger partial charge < -0.3 is 14.5 Å². The molecule has 1 saturated heterocycles. The highest BCUT2D eigenvalue weighted by molar-refractivity contribution is 5.98. The lowest BCUT2D eigenvalue weighted by molar-refractivity contribution is -0.134. The molecule has 0 radical (unpaired) electrons. The number of benzene rings is 2. The second-order valence-corrected chi connectivity index (χ2v) is 9.44. The van der Waals surface area contributed by atoms with Crippen molar-refractivity contribution < 1.29 is 13.9 Å². The van der Waals surface area contributed by atoms with Crippen molar-refractivity contribution in [3.05, 3.63) is 59.5 Å². The normalized spacial score (nSPS) is 18.1. The minimum Gasteiger partial charge on any atom is -0.384 e. The van der Waals surface area contributed by atoms with Gasteiger partial charge in [0.2, 0.25) is 5.91 Å². The SMILES string of the molecule is COCCC(=O)N1CCN(c2nc(C3CC3)c(-c3ccc(F)c4ccccc34)cc2C#N)CC1C. The van der Waals surface area contributed by atoms with E-state index in [1.165, 1.54) is 6.07 Å². The number of carbonyl (C=O) groups excluding carboxylic acids is 1. The molecule has 7 heteroatoms. The van der Waals surface area contributed by atoms with Crippen LogP contribution < -0.4 is 4.90 Å². The summed E-state index contributed by atoms with van der Waals surface area (Å²) in [6.07, 6.45) is 2.49. The number of hydrogen-bond donors (Lipinski definition) is 0. The van der Waals surface area contributed by atoms with Crippen LogP contribution in [0.3, 0.4) is 0 Å². The molecular formula is C28H29FN4O2. The highest BCUT2D eigenvalue weighted by atomic mass is 19.1. The Hall–Kier alpha value is -3.50. The van der Waals surface area contributed by atoms with E-state index in [1.54, 1.807) is 19.2 Å². The molecule has 3 aromatic rings. The van der Waals surface area contributed by atoms with E-state index >= 15 is 0 Å². The Kier molecular flexibility index (Phi) is 6.40. The number of amides is 1. The molecule has 1 aromatic heterocycles. The van der Waals surface area contributed by atoms with E-state index in [0.717, 1.165) is 35.0 Å². The highest BCUT2D eigenvalue weighted by Crippen LogP contribution is 2.46. The standard InChI is InChI=1S/C28H29FN4O2/c1-18-17-32(12-13-33(18)26(34)11-14-35-2)28-20(16-30)15-24(27(31-28)19-7-8-19)22-9-10-25(29)23-6-4-3-5-21(22)23/h3-6,9-10,15,18-19H,7-8,11-14,17H2,1-2H3. The van der Waals surface area contributed by atoms with Crippen LogP contribution in [0.5, 0.6) is 0 Å². The predicted octanol–water partition coefficient (Wildman–Crippen LogP) is 4.86. The molecule has 5 rings (SSSR count).